The maximum atomic E-state index is 11.7. The predicted octanol–water partition coefficient (Wildman–Crippen LogP) is 1.63. The van der Waals surface area contributed by atoms with Gasteiger partial charge in [-0.1, -0.05) is 0 Å². The minimum Gasteiger partial charge on any atom is -0.465 e. The van der Waals surface area contributed by atoms with Gasteiger partial charge in [0.25, 0.3) is 0 Å². The van der Waals surface area contributed by atoms with Crippen molar-refractivity contribution in [3.63, 3.8) is 0 Å². The molecular formula is C19H38N4O6S. The lowest BCUT2D eigenvalue weighted by molar-refractivity contribution is 0.0201. The second-order valence-electron chi connectivity index (χ2n) is 8.90. The first-order valence-electron chi connectivity index (χ1n) is 10.3. The number of carbonyl (C=O) groups is 2. The van der Waals surface area contributed by atoms with Crippen molar-refractivity contribution in [2.24, 2.45) is 0 Å². The number of hydrogen-bond donors (Lipinski definition) is 2. The Hall–Kier alpha value is -1.59. The smallest absolute Gasteiger partial charge is 0.410 e. The Balaban J connectivity index is 0.000000300. The van der Waals surface area contributed by atoms with Gasteiger partial charge >= 0.3 is 12.2 Å². The molecule has 176 valence electrons. The second kappa shape index (κ2) is 11.1. The van der Waals surface area contributed by atoms with Gasteiger partial charge in [-0.3, -0.25) is 0 Å². The highest BCUT2D eigenvalue weighted by molar-refractivity contribution is 7.88. The molecule has 2 saturated heterocycles. The monoisotopic (exact) mass is 450 g/mol. The molecule has 11 heteroatoms. The maximum absolute atomic E-state index is 11.7. The summed E-state index contributed by atoms with van der Waals surface area (Å²) in [5.41, 5.74) is -0.409. The molecule has 2 aliphatic heterocycles. The number of rotatable bonds is 3. The number of hydrogen-bond acceptors (Lipinski definition) is 6. The molecule has 0 aromatic carbocycles. The Kier molecular flexibility index (Phi) is 9.83. The highest BCUT2D eigenvalue weighted by atomic mass is 32.2. The summed E-state index contributed by atoms with van der Waals surface area (Å²) < 4.78 is 29.2. The van der Waals surface area contributed by atoms with E-state index in [4.69, 9.17) is 9.84 Å². The number of piperidine rings is 2. The van der Waals surface area contributed by atoms with Crippen molar-refractivity contribution < 1.29 is 27.9 Å². The number of sulfonamides is 1. The van der Waals surface area contributed by atoms with Crippen LogP contribution >= 0.6 is 0 Å². The molecule has 2 fully saturated rings. The number of carbonyl (C=O) groups excluding carboxylic acids is 1. The molecule has 10 nitrogen and oxygen atoms in total. The Morgan fingerprint density at radius 3 is 2.17 bits per heavy atom. The first-order chi connectivity index (χ1) is 13.7. The van der Waals surface area contributed by atoms with Crippen molar-refractivity contribution in [3.8, 4) is 0 Å². The third-order valence-corrected chi connectivity index (χ3v) is 6.45. The van der Waals surface area contributed by atoms with Crippen molar-refractivity contribution in [1.29, 1.82) is 0 Å². The molecule has 0 aliphatic carbocycles. The first kappa shape index (κ1) is 26.4. The fourth-order valence-corrected chi connectivity index (χ4v) is 4.25. The van der Waals surface area contributed by atoms with Crippen LogP contribution in [0.2, 0.25) is 0 Å². The molecule has 2 heterocycles. The number of nitrogens with one attached hydrogen (secondary N) is 1. The highest BCUT2D eigenvalue weighted by Gasteiger charge is 2.30. The molecule has 30 heavy (non-hydrogen) atoms. The maximum Gasteiger partial charge on any atom is 0.410 e. The standard InChI is InChI=1S/C11H22N2O2.C8H16N2O4S/c1-11(2,3)15-10(14)13(4)9-6-5-7-12-8-9;1-9(8(11)12)7-4-3-5-10(6-7)15(2,13)14/h9,12H,5-8H2,1-4H3;7H,3-6H2,1-2H3,(H,11,12). The highest BCUT2D eigenvalue weighted by Crippen LogP contribution is 2.17. The lowest BCUT2D eigenvalue weighted by Crippen LogP contribution is -2.49. The van der Waals surface area contributed by atoms with Crippen LogP contribution in [0.1, 0.15) is 46.5 Å². The Labute approximate surface area is 180 Å². The molecule has 2 amide bonds. The molecule has 0 radical (unpaired) electrons. The van der Waals surface area contributed by atoms with Crippen molar-refractivity contribution in [2.75, 3.05) is 46.5 Å². The van der Waals surface area contributed by atoms with Gasteiger partial charge in [0.2, 0.25) is 10.0 Å². The summed E-state index contributed by atoms with van der Waals surface area (Å²) in [4.78, 5) is 25.3. The van der Waals surface area contributed by atoms with E-state index in [9.17, 15) is 18.0 Å². The van der Waals surface area contributed by atoms with Crippen molar-refractivity contribution in [2.45, 2.75) is 64.1 Å². The summed E-state index contributed by atoms with van der Waals surface area (Å²) >= 11 is 0. The molecule has 0 aromatic heterocycles. The summed E-state index contributed by atoms with van der Waals surface area (Å²) in [6, 6.07) is 0.0413. The van der Waals surface area contributed by atoms with Crippen LogP contribution in [0.5, 0.6) is 0 Å². The van der Waals surface area contributed by atoms with Crippen LogP contribution in [0, 0.1) is 0 Å². The van der Waals surface area contributed by atoms with Crippen LogP contribution in [0.15, 0.2) is 0 Å². The SMILES string of the molecule is CN(C(=O)O)C1CCCN(S(C)(=O)=O)C1.CN(C(=O)OC(C)(C)C)C1CCCNC1. The van der Waals surface area contributed by atoms with Gasteiger partial charge in [0.05, 0.1) is 6.26 Å². The van der Waals surface area contributed by atoms with Crippen LogP contribution in [0.4, 0.5) is 9.59 Å². The van der Waals surface area contributed by atoms with E-state index >= 15 is 0 Å². The Bertz CT molecular complexity index is 673. The van der Waals surface area contributed by atoms with Gasteiger partial charge in [-0.25, -0.2) is 22.3 Å². The fourth-order valence-electron chi connectivity index (χ4n) is 3.34. The summed E-state index contributed by atoms with van der Waals surface area (Å²) in [6.45, 7) is 8.34. The number of nitrogens with zero attached hydrogens (tertiary/aromatic N) is 3. The quantitative estimate of drug-likeness (QED) is 0.670. The van der Waals surface area contributed by atoms with E-state index in [0.717, 1.165) is 38.6 Å². The third kappa shape index (κ3) is 9.05. The number of amides is 2. The van der Waals surface area contributed by atoms with E-state index in [0.29, 0.717) is 13.0 Å². The summed E-state index contributed by atoms with van der Waals surface area (Å²) in [7, 11) is 0.0780. The molecule has 0 saturated carbocycles. The van der Waals surface area contributed by atoms with Gasteiger partial charge in [-0.05, 0) is 53.0 Å². The van der Waals surface area contributed by atoms with Crippen LogP contribution < -0.4 is 5.32 Å². The van der Waals surface area contributed by atoms with Crippen molar-refractivity contribution in [3.05, 3.63) is 0 Å². The molecule has 2 unspecified atom stereocenters. The third-order valence-electron chi connectivity index (χ3n) is 5.18. The fraction of sp³-hybridized carbons (Fsp3) is 0.895. The molecule has 2 atom stereocenters. The van der Waals surface area contributed by atoms with Crippen LogP contribution in [-0.2, 0) is 14.8 Å². The lowest BCUT2D eigenvalue weighted by atomic mass is 10.1. The Morgan fingerprint density at radius 1 is 1.10 bits per heavy atom. The minimum absolute atomic E-state index is 0.226. The van der Waals surface area contributed by atoms with Crippen LogP contribution in [0.25, 0.3) is 0 Å². The van der Waals surface area contributed by atoms with Crippen LogP contribution in [0.3, 0.4) is 0 Å². The number of carboxylic acid groups (broad SMARTS) is 1. The zero-order valence-corrected chi connectivity index (χ0v) is 19.9. The van der Waals surface area contributed by atoms with Gasteiger partial charge < -0.3 is 25.0 Å². The van der Waals surface area contributed by atoms with E-state index in [1.165, 1.54) is 16.3 Å². The Morgan fingerprint density at radius 2 is 1.70 bits per heavy atom. The topological polar surface area (TPSA) is 119 Å². The van der Waals surface area contributed by atoms with E-state index in [-0.39, 0.29) is 24.7 Å². The normalized spacial score (nSPS) is 23.0. The molecule has 0 bridgehead atoms. The molecule has 2 aliphatic rings. The average Bonchev–Trinajstić information content (AvgIpc) is 2.66. The predicted molar refractivity (Wildman–Crippen MR) is 115 cm³/mol. The first-order valence-corrected chi connectivity index (χ1v) is 12.1. The van der Waals surface area contributed by atoms with Gasteiger partial charge in [0, 0.05) is 45.8 Å². The molecule has 2 rings (SSSR count). The average molecular weight is 451 g/mol. The largest absolute Gasteiger partial charge is 0.465 e. The van der Waals surface area contributed by atoms with Gasteiger partial charge in [-0.15, -0.1) is 0 Å². The van der Waals surface area contributed by atoms with Crippen molar-refractivity contribution >= 4 is 22.2 Å². The second-order valence-corrected chi connectivity index (χ2v) is 10.9. The van der Waals surface area contributed by atoms with Gasteiger partial charge in [0.1, 0.15) is 5.60 Å². The summed E-state index contributed by atoms with van der Waals surface area (Å²) in [6.07, 6.45) is 3.51. The lowest BCUT2D eigenvalue weighted by Gasteiger charge is -2.34. The zero-order chi connectivity index (χ0) is 23.1. The van der Waals surface area contributed by atoms with Gasteiger partial charge in [0.15, 0.2) is 0 Å². The number of ether oxygens (including phenoxy) is 1. The summed E-state index contributed by atoms with van der Waals surface area (Å²) in [5.74, 6) is 0. The van der Waals surface area contributed by atoms with E-state index < -0.39 is 21.7 Å². The zero-order valence-electron chi connectivity index (χ0n) is 19.0. The molecular weight excluding hydrogens is 412 g/mol. The molecule has 2 N–H and O–H groups in total. The van der Waals surface area contributed by atoms with Crippen molar-refractivity contribution in [1.82, 2.24) is 19.4 Å². The summed E-state index contributed by atoms with van der Waals surface area (Å²) in [5, 5.41) is 12.1. The number of likely N-dealkylation sites (N-methyl/N-ethyl adjacent to an activating group) is 2. The van der Waals surface area contributed by atoms with E-state index in [2.05, 4.69) is 5.32 Å². The van der Waals surface area contributed by atoms with E-state index in [1.807, 2.05) is 27.8 Å². The van der Waals surface area contributed by atoms with E-state index in [1.54, 1.807) is 4.90 Å². The molecule has 0 aromatic rings. The molecule has 0 spiro atoms. The minimum atomic E-state index is -3.20. The van der Waals surface area contributed by atoms with Crippen LogP contribution in [-0.4, -0.2) is 104 Å². The van der Waals surface area contributed by atoms with Gasteiger partial charge in [-0.2, -0.15) is 0 Å².